The van der Waals surface area contributed by atoms with Crippen molar-refractivity contribution in [3.05, 3.63) is 18.0 Å². The van der Waals surface area contributed by atoms with Crippen LogP contribution in [0.2, 0.25) is 0 Å². The van der Waals surface area contributed by atoms with E-state index in [-0.39, 0.29) is 6.04 Å². The van der Waals surface area contributed by atoms with Gasteiger partial charge >= 0.3 is 0 Å². The SMILES string of the molecule is Cn1nccc1[C@H]1[C@H](NC2CCSCC2)CCC(=O)N1C1CC1. The van der Waals surface area contributed by atoms with E-state index in [0.717, 1.165) is 19.3 Å². The smallest absolute Gasteiger partial charge is 0.223 e. The maximum atomic E-state index is 12.6. The Kier molecular flexibility index (Phi) is 4.37. The second kappa shape index (κ2) is 6.48. The molecule has 2 saturated heterocycles. The summed E-state index contributed by atoms with van der Waals surface area (Å²) in [6.07, 6.45) is 8.30. The first-order valence-corrected chi connectivity index (χ1v) is 10.0. The number of aryl methyl sites for hydroxylation is 1. The Bertz CT molecular complexity index is 565. The van der Waals surface area contributed by atoms with Crippen molar-refractivity contribution in [2.45, 2.75) is 62.7 Å². The van der Waals surface area contributed by atoms with Crippen molar-refractivity contribution in [3.8, 4) is 0 Å². The molecule has 126 valence electrons. The summed E-state index contributed by atoms with van der Waals surface area (Å²) in [5.74, 6) is 2.84. The molecule has 1 aromatic heterocycles. The van der Waals surface area contributed by atoms with Gasteiger partial charge in [-0.05, 0) is 49.7 Å². The number of hydrogen-bond acceptors (Lipinski definition) is 4. The minimum Gasteiger partial charge on any atom is -0.330 e. The molecular formula is C17H26N4OS. The van der Waals surface area contributed by atoms with Crippen molar-refractivity contribution in [2.75, 3.05) is 11.5 Å². The highest BCUT2D eigenvalue weighted by Crippen LogP contribution is 2.40. The van der Waals surface area contributed by atoms with Crippen LogP contribution in [-0.2, 0) is 11.8 Å². The zero-order chi connectivity index (χ0) is 15.8. The van der Waals surface area contributed by atoms with Crippen LogP contribution in [-0.4, -0.2) is 50.2 Å². The third-order valence-electron chi connectivity index (χ3n) is 5.41. The van der Waals surface area contributed by atoms with E-state index in [4.69, 9.17) is 0 Å². The molecule has 1 aromatic rings. The van der Waals surface area contributed by atoms with E-state index in [0.29, 0.717) is 30.5 Å². The van der Waals surface area contributed by atoms with Crippen molar-refractivity contribution >= 4 is 17.7 Å². The number of likely N-dealkylation sites (tertiary alicyclic amines) is 1. The number of nitrogens with zero attached hydrogens (tertiary/aromatic N) is 3. The molecule has 5 nitrogen and oxygen atoms in total. The molecule has 4 rings (SSSR count). The summed E-state index contributed by atoms with van der Waals surface area (Å²) in [7, 11) is 1.99. The van der Waals surface area contributed by atoms with Gasteiger partial charge in [0.1, 0.15) is 0 Å². The van der Waals surface area contributed by atoms with Gasteiger partial charge in [0, 0.05) is 37.8 Å². The van der Waals surface area contributed by atoms with Gasteiger partial charge in [-0.3, -0.25) is 9.48 Å². The summed E-state index contributed by atoms with van der Waals surface area (Å²) in [4.78, 5) is 14.8. The molecule has 0 spiro atoms. The minimum absolute atomic E-state index is 0.144. The second-order valence-corrected chi connectivity index (χ2v) is 8.28. The predicted molar refractivity (Wildman–Crippen MR) is 92.3 cm³/mol. The van der Waals surface area contributed by atoms with Crippen LogP contribution in [0.5, 0.6) is 0 Å². The van der Waals surface area contributed by atoms with E-state index >= 15 is 0 Å². The van der Waals surface area contributed by atoms with Crippen LogP contribution in [0.15, 0.2) is 12.3 Å². The maximum absolute atomic E-state index is 12.6. The molecular weight excluding hydrogens is 308 g/mol. The van der Waals surface area contributed by atoms with Crippen LogP contribution in [0.1, 0.15) is 50.3 Å². The Morgan fingerprint density at radius 3 is 2.65 bits per heavy atom. The monoisotopic (exact) mass is 334 g/mol. The van der Waals surface area contributed by atoms with Crippen LogP contribution >= 0.6 is 11.8 Å². The number of nitrogens with one attached hydrogen (secondary N) is 1. The Labute approximate surface area is 142 Å². The van der Waals surface area contributed by atoms with Crippen LogP contribution in [0, 0.1) is 0 Å². The van der Waals surface area contributed by atoms with Crippen molar-refractivity contribution in [3.63, 3.8) is 0 Å². The highest BCUT2D eigenvalue weighted by Gasteiger charge is 2.45. The number of hydrogen-bond donors (Lipinski definition) is 1. The van der Waals surface area contributed by atoms with Crippen LogP contribution in [0.25, 0.3) is 0 Å². The van der Waals surface area contributed by atoms with E-state index in [1.807, 2.05) is 17.9 Å². The molecule has 0 aromatic carbocycles. The number of piperidine rings is 1. The molecule has 3 heterocycles. The van der Waals surface area contributed by atoms with Gasteiger partial charge in [0.25, 0.3) is 0 Å². The summed E-state index contributed by atoms with van der Waals surface area (Å²) in [5.41, 5.74) is 1.17. The maximum Gasteiger partial charge on any atom is 0.223 e. The summed E-state index contributed by atoms with van der Waals surface area (Å²) < 4.78 is 1.95. The lowest BCUT2D eigenvalue weighted by atomic mass is 9.91. The normalized spacial score (nSPS) is 30.0. The molecule has 0 bridgehead atoms. The van der Waals surface area contributed by atoms with Gasteiger partial charge in [-0.15, -0.1) is 0 Å². The zero-order valence-corrected chi connectivity index (χ0v) is 14.6. The lowest BCUT2D eigenvalue weighted by Gasteiger charge is -2.43. The molecule has 1 amide bonds. The molecule has 3 aliphatic rings. The molecule has 0 unspecified atom stereocenters. The average molecular weight is 334 g/mol. The second-order valence-electron chi connectivity index (χ2n) is 7.06. The molecule has 2 atom stereocenters. The predicted octanol–water partition coefficient (Wildman–Crippen LogP) is 2.10. The molecule has 23 heavy (non-hydrogen) atoms. The fraction of sp³-hybridized carbons (Fsp3) is 0.765. The number of amides is 1. The Hall–Kier alpha value is -1.01. The number of carbonyl (C=O) groups is 1. The number of aromatic nitrogens is 2. The van der Waals surface area contributed by atoms with Crippen LogP contribution in [0.3, 0.4) is 0 Å². The van der Waals surface area contributed by atoms with E-state index in [2.05, 4.69) is 33.1 Å². The molecule has 1 aliphatic carbocycles. The largest absolute Gasteiger partial charge is 0.330 e. The van der Waals surface area contributed by atoms with Gasteiger partial charge in [-0.2, -0.15) is 16.9 Å². The van der Waals surface area contributed by atoms with Crippen LogP contribution < -0.4 is 5.32 Å². The van der Waals surface area contributed by atoms with E-state index < -0.39 is 0 Å². The van der Waals surface area contributed by atoms with Gasteiger partial charge < -0.3 is 10.2 Å². The van der Waals surface area contributed by atoms with Gasteiger partial charge in [0.2, 0.25) is 5.91 Å². The van der Waals surface area contributed by atoms with Gasteiger partial charge in [0.15, 0.2) is 0 Å². The number of carbonyl (C=O) groups excluding carboxylic acids is 1. The quantitative estimate of drug-likeness (QED) is 0.916. The Morgan fingerprint density at radius 1 is 1.22 bits per heavy atom. The van der Waals surface area contributed by atoms with E-state index in [1.165, 1.54) is 30.0 Å². The highest BCUT2D eigenvalue weighted by molar-refractivity contribution is 7.99. The lowest BCUT2D eigenvalue weighted by molar-refractivity contribution is -0.139. The van der Waals surface area contributed by atoms with Crippen molar-refractivity contribution in [1.29, 1.82) is 0 Å². The lowest BCUT2D eigenvalue weighted by Crippen LogP contribution is -2.54. The number of rotatable bonds is 4. The zero-order valence-electron chi connectivity index (χ0n) is 13.8. The van der Waals surface area contributed by atoms with Gasteiger partial charge in [-0.25, -0.2) is 0 Å². The molecule has 0 radical (unpaired) electrons. The Balaban J connectivity index is 1.60. The van der Waals surface area contributed by atoms with Crippen LogP contribution in [0.4, 0.5) is 0 Å². The third kappa shape index (κ3) is 3.15. The fourth-order valence-corrected chi connectivity index (χ4v) is 5.17. The molecule has 3 fully saturated rings. The molecule has 1 saturated carbocycles. The molecule has 6 heteroatoms. The topological polar surface area (TPSA) is 50.2 Å². The summed E-state index contributed by atoms with van der Waals surface area (Å²) in [6.45, 7) is 0. The first-order chi connectivity index (χ1) is 11.2. The standard InChI is InChI=1S/C17H26N4OS/c1-20-15(6-9-18-20)17-14(19-12-7-10-23-11-8-12)4-5-16(22)21(17)13-2-3-13/h6,9,12-14,17,19H,2-5,7-8,10-11H2,1H3/t14-,17-/m1/s1. The van der Waals surface area contributed by atoms with Crippen molar-refractivity contribution < 1.29 is 4.79 Å². The number of thioether (sulfide) groups is 1. The first-order valence-electron chi connectivity index (χ1n) is 8.87. The van der Waals surface area contributed by atoms with Crippen molar-refractivity contribution in [1.82, 2.24) is 20.0 Å². The summed E-state index contributed by atoms with van der Waals surface area (Å²) >= 11 is 2.06. The fourth-order valence-electron chi connectivity index (χ4n) is 4.06. The van der Waals surface area contributed by atoms with E-state index in [1.54, 1.807) is 0 Å². The highest BCUT2D eigenvalue weighted by atomic mass is 32.2. The van der Waals surface area contributed by atoms with Crippen molar-refractivity contribution in [2.24, 2.45) is 7.05 Å². The average Bonchev–Trinajstić information content (AvgIpc) is 3.31. The molecule has 1 N–H and O–H groups in total. The van der Waals surface area contributed by atoms with Gasteiger partial charge in [-0.1, -0.05) is 0 Å². The van der Waals surface area contributed by atoms with E-state index in [9.17, 15) is 4.79 Å². The third-order valence-corrected chi connectivity index (χ3v) is 6.46. The van der Waals surface area contributed by atoms with Gasteiger partial charge in [0.05, 0.1) is 11.7 Å². The first kappa shape index (κ1) is 15.5. The minimum atomic E-state index is 0.144. The summed E-state index contributed by atoms with van der Waals surface area (Å²) in [5, 5.41) is 8.27. The summed E-state index contributed by atoms with van der Waals surface area (Å²) in [6, 6.07) is 3.65. The Morgan fingerprint density at radius 2 is 2.00 bits per heavy atom. The molecule has 2 aliphatic heterocycles.